The first kappa shape index (κ1) is 17.3. The van der Waals surface area contributed by atoms with Crippen LogP contribution in [0, 0.1) is 0 Å². The molecule has 1 aromatic carbocycles. The van der Waals surface area contributed by atoms with E-state index in [1.54, 1.807) is 24.3 Å². The third kappa shape index (κ3) is 6.04. The van der Waals surface area contributed by atoms with Crippen LogP contribution in [0.2, 0.25) is 0 Å². The Kier molecular flexibility index (Phi) is 7.02. The van der Waals surface area contributed by atoms with Gasteiger partial charge in [0.25, 0.3) is 5.91 Å². The molecule has 0 saturated heterocycles. The highest BCUT2D eigenvalue weighted by Gasteiger charge is 2.23. The van der Waals surface area contributed by atoms with Crippen molar-refractivity contribution in [1.82, 2.24) is 5.32 Å². The molecular formula is C16H25NO4. The lowest BCUT2D eigenvalue weighted by atomic mass is 9.95. The van der Waals surface area contributed by atoms with Gasteiger partial charge in [-0.2, -0.15) is 0 Å². The van der Waals surface area contributed by atoms with Gasteiger partial charge >= 0.3 is 0 Å². The van der Waals surface area contributed by atoms with Gasteiger partial charge < -0.3 is 19.9 Å². The molecule has 0 aliphatic heterocycles. The van der Waals surface area contributed by atoms with Gasteiger partial charge in [0.15, 0.2) is 6.61 Å². The summed E-state index contributed by atoms with van der Waals surface area (Å²) in [6.07, 6.45) is 1.28. The Labute approximate surface area is 126 Å². The minimum Gasteiger partial charge on any atom is -0.494 e. The molecule has 0 heterocycles. The van der Waals surface area contributed by atoms with Gasteiger partial charge in [0.05, 0.1) is 6.61 Å². The van der Waals surface area contributed by atoms with Gasteiger partial charge in [-0.3, -0.25) is 4.79 Å². The van der Waals surface area contributed by atoms with Crippen LogP contribution in [0.25, 0.3) is 0 Å². The van der Waals surface area contributed by atoms with E-state index in [0.29, 0.717) is 18.8 Å². The van der Waals surface area contributed by atoms with E-state index < -0.39 is 5.54 Å². The Balaban J connectivity index is 2.45. The minimum atomic E-state index is -0.395. The molecule has 0 aromatic heterocycles. The van der Waals surface area contributed by atoms with Crippen LogP contribution in [0.1, 0.15) is 33.6 Å². The summed E-state index contributed by atoms with van der Waals surface area (Å²) >= 11 is 0. The predicted octanol–water partition coefficient (Wildman–Crippen LogP) is 2.13. The molecule has 1 aromatic rings. The standard InChI is InChI=1S/C16H25NO4/c1-4-16(3,10-11-18)17-15(19)12-21-14-8-6-13(7-9-14)20-5-2/h6-9,18H,4-5,10-12H2,1-3H3,(H,17,19). The van der Waals surface area contributed by atoms with Crippen LogP contribution < -0.4 is 14.8 Å². The van der Waals surface area contributed by atoms with Crippen molar-refractivity contribution in [3.05, 3.63) is 24.3 Å². The normalized spacial score (nSPS) is 13.3. The second-order valence-corrected chi connectivity index (χ2v) is 5.13. The molecule has 118 valence electrons. The molecule has 0 aliphatic carbocycles. The number of carbonyl (C=O) groups excluding carboxylic acids is 1. The van der Waals surface area contributed by atoms with Gasteiger partial charge in [-0.05, 0) is 51.0 Å². The van der Waals surface area contributed by atoms with Crippen LogP contribution in [-0.4, -0.2) is 36.4 Å². The fourth-order valence-corrected chi connectivity index (χ4v) is 1.89. The first-order valence-electron chi connectivity index (χ1n) is 7.30. The highest BCUT2D eigenvalue weighted by Crippen LogP contribution is 2.18. The SMILES string of the molecule is CCOc1ccc(OCC(=O)NC(C)(CC)CCO)cc1. The van der Waals surface area contributed by atoms with Crippen LogP contribution in [0.4, 0.5) is 0 Å². The molecule has 0 bridgehead atoms. The predicted molar refractivity (Wildman–Crippen MR) is 81.6 cm³/mol. The third-order valence-electron chi connectivity index (χ3n) is 3.39. The van der Waals surface area contributed by atoms with Gasteiger partial charge in [-0.25, -0.2) is 0 Å². The average Bonchev–Trinajstić information content (AvgIpc) is 2.47. The molecule has 1 amide bonds. The van der Waals surface area contributed by atoms with Crippen molar-refractivity contribution in [3.8, 4) is 11.5 Å². The Bertz CT molecular complexity index is 432. The van der Waals surface area contributed by atoms with Gasteiger partial charge in [0.1, 0.15) is 11.5 Å². The van der Waals surface area contributed by atoms with Crippen LogP contribution in [0.15, 0.2) is 24.3 Å². The highest BCUT2D eigenvalue weighted by atomic mass is 16.5. The van der Waals surface area contributed by atoms with Crippen molar-refractivity contribution >= 4 is 5.91 Å². The van der Waals surface area contributed by atoms with E-state index in [1.165, 1.54) is 0 Å². The van der Waals surface area contributed by atoms with Crippen molar-refractivity contribution in [2.45, 2.75) is 39.2 Å². The lowest BCUT2D eigenvalue weighted by Crippen LogP contribution is -2.47. The fraction of sp³-hybridized carbons (Fsp3) is 0.562. The molecule has 1 atom stereocenters. The summed E-state index contributed by atoms with van der Waals surface area (Å²) in [5, 5.41) is 11.9. The zero-order valence-electron chi connectivity index (χ0n) is 13.0. The van der Waals surface area contributed by atoms with Crippen LogP contribution in [-0.2, 0) is 4.79 Å². The topological polar surface area (TPSA) is 67.8 Å². The number of nitrogens with one attached hydrogen (secondary N) is 1. The molecule has 2 N–H and O–H groups in total. The quantitative estimate of drug-likeness (QED) is 0.732. The molecule has 5 heteroatoms. The number of hydrogen-bond acceptors (Lipinski definition) is 4. The number of amides is 1. The Morgan fingerprint density at radius 2 is 1.76 bits per heavy atom. The van der Waals surface area contributed by atoms with E-state index in [1.807, 2.05) is 20.8 Å². The molecule has 5 nitrogen and oxygen atoms in total. The van der Waals surface area contributed by atoms with Crippen LogP contribution in [0.5, 0.6) is 11.5 Å². The summed E-state index contributed by atoms with van der Waals surface area (Å²) in [6, 6.07) is 7.15. The maximum absolute atomic E-state index is 11.9. The van der Waals surface area contributed by atoms with Crippen molar-refractivity contribution in [2.75, 3.05) is 19.8 Å². The molecular weight excluding hydrogens is 270 g/mol. The van der Waals surface area contributed by atoms with Gasteiger partial charge in [0.2, 0.25) is 0 Å². The Hall–Kier alpha value is -1.75. The molecule has 0 radical (unpaired) electrons. The van der Waals surface area contributed by atoms with Crippen molar-refractivity contribution < 1.29 is 19.4 Å². The maximum atomic E-state index is 11.9. The third-order valence-corrected chi connectivity index (χ3v) is 3.39. The minimum absolute atomic E-state index is 0.0460. The lowest BCUT2D eigenvalue weighted by molar-refractivity contribution is -0.125. The van der Waals surface area contributed by atoms with Crippen molar-refractivity contribution in [3.63, 3.8) is 0 Å². The van der Waals surface area contributed by atoms with Crippen molar-refractivity contribution in [2.24, 2.45) is 0 Å². The molecule has 0 saturated carbocycles. The summed E-state index contributed by atoms with van der Waals surface area (Å²) in [4.78, 5) is 11.9. The first-order valence-corrected chi connectivity index (χ1v) is 7.30. The second-order valence-electron chi connectivity index (χ2n) is 5.13. The monoisotopic (exact) mass is 295 g/mol. The van der Waals surface area contributed by atoms with Crippen molar-refractivity contribution in [1.29, 1.82) is 0 Å². The van der Waals surface area contributed by atoms with E-state index in [4.69, 9.17) is 14.6 Å². The number of aliphatic hydroxyl groups excluding tert-OH is 1. The van der Waals surface area contributed by atoms with Crippen LogP contribution >= 0.6 is 0 Å². The number of carbonyl (C=O) groups is 1. The Morgan fingerprint density at radius 3 is 2.24 bits per heavy atom. The van der Waals surface area contributed by atoms with Gasteiger partial charge in [0, 0.05) is 12.1 Å². The molecule has 1 unspecified atom stereocenters. The van der Waals surface area contributed by atoms with Gasteiger partial charge in [-0.1, -0.05) is 6.92 Å². The summed E-state index contributed by atoms with van der Waals surface area (Å²) < 4.78 is 10.8. The average molecular weight is 295 g/mol. The summed E-state index contributed by atoms with van der Waals surface area (Å²) in [6.45, 7) is 6.43. The number of benzene rings is 1. The van der Waals surface area contributed by atoms with E-state index in [2.05, 4.69) is 5.32 Å². The van der Waals surface area contributed by atoms with E-state index >= 15 is 0 Å². The molecule has 0 spiro atoms. The second kappa shape index (κ2) is 8.52. The van der Waals surface area contributed by atoms with Crippen LogP contribution in [0.3, 0.4) is 0 Å². The first-order chi connectivity index (χ1) is 10.0. The molecule has 21 heavy (non-hydrogen) atoms. The smallest absolute Gasteiger partial charge is 0.258 e. The van der Waals surface area contributed by atoms with E-state index in [-0.39, 0.29) is 19.1 Å². The number of hydrogen-bond donors (Lipinski definition) is 2. The fourth-order valence-electron chi connectivity index (χ4n) is 1.89. The van der Waals surface area contributed by atoms with E-state index in [0.717, 1.165) is 12.2 Å². The zero-order valence-corrected chi connectivity index (χ0v) is 13.0. The summed E-state index contributed by atoms with van der Waals surface area (Å²) in [7, 11) is 0. The van der Waals surface area contributed by atoms with Gasteiger partial charge in [-0.15, -0.1) is 0 Å². The Morgan fingerprint density at radius 1 is 1.19 bits per heavy atom. The summed E-state index contributed by atoms with van der Waals surface area (Å²) in [5.41, 5.74) is -0.395. The van der Waals surface area contributed by atoms with E-state index in [9.17, 15) is 4.79 Å². The molecule has 0 fully saturated rings. The largest absolute Gasteiger partial charge is 0.494 e. The number of ether oxygens (including phenoxy) is 2. The summed E-state index contributed by atoms with van der Waals surface area (Å²) in [5.74, 6) is 1.20. The molecule has 1 rings (SSSR count). The number of aliphatic hydroxyl groups is 1. The number of rotatable bonds is 9. The zero-order chi connectivity index (χ0) is 15.7. The molecule has 0 aliphatic rings. The maximum Gasteiger partial charge on any atom is 0.258 e. The lowest BCUT2D eigenvalue weighted by Gasteiger charge is -2.28. The highest BCUT2D eigenvalue weighted by molar-refractivity contribution is 5.78.